The van der Waals surface area contributed by atoms with Gasteiger partial charge in [-0.15, -0.1) is 6.42 Å². The van der Waals surface area contributed by atoms with Crippen LogP contribution < -0.4 is 9.64 Å². The van der Waals surface area contributed by atoms with Gasteiger partial charge in [-0.3, -0.25) is 9.69 Å². The normalized spacial score (nSPS) is 17.9. The molecular weight excluding hydrogens is 242 g/mol. The van der Waals surface area contributed by atoms with Crippen LogP contribution in [0.25, 0.3) is 0 Å². The third kappa shape index (κ3) is 2.42. The van der Waals surface area contributed by atoms with Gasteiger partial charge in [0.05, 0.1) is 18.8 Å². The first-order valence-corrected chi connectivity index (χ1v) is 6.23. The minimum Gasteiger partial charge on any atom is -0.478 e. The number of nitrogens with zero attached hydrogens (tertiary/aromatic N) is 1. The molecule has 0 saturated heterocycles. The van der Waals surface area contributed by atoms with Gasteiger partial charge in [0.15, 0.2) is 6.10 Å². The van der Waals surface area contributed by atoms with Gasteiger partial charge in [0.1, 0.15) is 5.75 Å². The van der Waals surface area contributed by atoms with Gasteiger partial charge >= 0.3 is 0 Å². The van der Waals surface area contributed by atoms with Crippen LogP contribution in [0, 0.1) is 18.3 Å². The molecule has 1 N–H and O–H groups in total. The van der Waals surface area contributed by atoms with Gasteiger partial charge in [-0.25, -0.2) is 0 Å². The van der Waals surface area contributed by atoms with Gasteiger partial charge in [0.25, 0.3) is 5.91 Å². The maximum absolute atomic E-state index is 12.4. The van der Waals surface area contributed by atoms with E-state index in [1.165, 1.54) is 0 Å². The van der Waals surface area contributed by atoms with Crippen molar-refractivity contribution in [3.05, 3.63) is 23.8 Å². The standard InChI is InChI=1S/C15H17NO3/c1-4-7-16-12-8-11(9-17)5-6-13(12)19-14(10(2)3)15(16)18/h1,5-6,8,10,14,17H,7,9H2,2-3H3. The van der Waals surface area contributed by atoms with Crippen LogP contribution in [0.3, 0.4) is 0 Å². The number of carbonyl (C=O) groups is 1. The molecule has 4 heteroatoms. The van der Waals surface area contributed by atoms with E-state index in [0.717, 1.165) is 5.56 Å². The third-order valence-corrected chi connectivity index (χ3v) is 3.11. The zero-order valence-electron chi connectivity index (χ0n) is 11.1. The highest BCUT2D eigenvalue weighted by molar-refractivity contribution is 6.00. The molecular formula is C15H17NO3. The fourth-order valence-corrected chi connectivity index (χ4v) is 2.11. The zero-order valence-corrected chi connectivity index (χ0v) is 11.1. The molecule has 1 aromatic rings. The average Bonchev–Trinajstić information content (AvgIpc) is 2.40. The van der Waals surface area contributed by atoms with Crippen LogP contribution >= 0.6 is 0 Å². The van der Waals surface area contributed by atoms with E-state index in [-0.39, 0.29) is 25.0 Å². The van der Waals surface area contributed by atoms with E-state index in [9.17, 15) is 9.90 Å². The molecule has 0 aliphatic carbocycles. The first-order valence-electron chi connectivity index (χ1n) is 6.23. The first-order chi connectivity index (χ1) is 9.08. The van der Waals surface area contributed by atoms with Gasteiger partial charge in [-0.05, 0) is 23.6 Å². The van der Waals surface area contributed by atoms with E-state index in [1.54, 1.807) is 23.1 Å². The Bertz CT molecular complexity index is 531. The summed E-state index contributed by atoms with van der Waals surface area (Å²) in [4.78, 5) is 13.9. The summed E-state index contributed by atoms with van der Waals surface area (Å²) in [5.74, 6) is 3.06. The molecule has 0 fully saturated rings. The van der Waals surface area contributed by atoms with Crippen molar-refractivity contribution in [1.29, 1.82) is 0 Å². The van der Waals surface area contributed by atoms with Gasteiger partial charge in [-0.2, -0.15) is 0 Å². The van der Waals surface area contributed by atoms with Crippen LogP contribution in [0.5, 0.6) is 5.75 Å². The van der Waals surface area contributed by atoms with E-state index >= 15 is 0 Å². The van der Waals surface area contributed by atoms with Crippen molar-refractivity contribution < 1.29 is 14.6 Å². The summed E-state index contributed by atoms with van der Waals surface area (Å²) in [5.41, 5.74) is 1.35. The van der Waals surface area contributed by atoms with Crippen molar-refractivity contribution in [2.75, 3.05) is 11.4 Å². The second-order valence-corrected chi connectivity index (χ2v) is 4.87. The molecule has 2 rings (SSSR count). The average molecular weight is 259 g/mol. The summed E-state index contributed by atoms with van der Waals surface area (Å²) >= 11 is 0. The molecule has 1 amide bonds. The maximum atomic E-state index is 12.4. The Hall–Kier alpha value is -1.99. The van der Waals surface area contributed by atoms with Crippen LogP contribution in [0.4, 0.5) is 5.69 Å². The van der Waals surface area contributed by atoms with Gasteiger partial charge in [-0.1, -0.05) is 25.8 Å². The van der Waals surface area contributed by atoms with Crippen LogP contribution in [0.15, 0.2) is 18.2 Å². The Morgan fingerprint density at radius 1 is 1.53 bits per heavy atom. The molecule has 1 aliphatic rings. The van der Waals surface area contributed by atoms with Crippen molar-refractivity contribution in [3.8, 4) is 18.1 Å². The molecule has 100 valence electrons. The molecule has 0 radical (unpaired) electrons. The van der Waals surface area contributed by atoms with Crippen LogP contribution in [-0.4, -0.2) is 23.7 Å². The summed E-state index contributed by atoms with van der Waals surface area (Å²) in [7, 11) is 0. The summed E-state index contributed by atoms with van der Waals surface area (Å²) in [6.07, 6.45) is 4.82. The van der Waals surface area contributed by atoms with E-state index in [4.69, 9.17) is 11.2 Å². The zero-order chi connectivity index (χ0) is 14.0. The number of anilines is 1. The lowest BCUT2D eigenvalue weighted by atomic mass is 10.0. The number of terminal acetylenes is 1. The Balaban J connectivity index is 2.47. The van der Waals surface area contributed by atoms with E-state index in [1.807, 2.05) is 13.8 Å². The molecule has 4 nitrogen and oxygen atoms in total. The lowest BCUT2D eigenvalue weighted by Crippen LogP contribution is -2.48. The molecule has 0 saturated carbocycles. The predicted molar refractivity (Wildman–Crippen MR) is 72.8 cm³/mol. The highest BCUT2D eigenvalue weighted by atomic mass is 16.5. The third-order valence-electron chi connectivity index (χ3n) is 3.11. The smallest absolute Gasteiger partial charge is 0.269 e. The number of rotatable bonds is 3. The van der Waals surface area contributed by atoms with Crippen molar-refractivity contribution in [2.45, 2.75) is 26.6 Å². The summed E-state index contributed by atoms with van der Waals surface area (Å²) in [5, 5.41) is 9.18. The molecule has 0 bridgehead atoms. The lowest BCUT2D eigenvalue weighted by Gasteiger charge is -2.35. The minimum atomic E-state index is -0.513. The minimum absolute atomic E-state index is 0.0680. The second kappa shape index (κ2) is 5.33. The molecule has 1 unspecified atom stereocenters. The number of aliphatic hydroxyl groups excluding tert-OH is 1. The molecule has 19 heavy (non-hydrogen) atoms. The number of fused-ring (bicyclic) bond motifs is 1. The number of carbonyl (C=O) groups excluding carboxylic acids is 1. The number of hydrogen-bond acceptors (Lipinski definition) is 3. The molecule has 1 heterocycles. The fraction of sp³-hybridized carbons (Fsp3) is 0.400. The Labute approximate surface area is 113 Å². The maximum Gasteiger partial charge on any atom is 0.269 e. The number of aliphatic hydroxyl groups is 1. The van der Waals surface area contributed by atoms with Gasteiger partial charge in [0.2, 0.25) is 0 Å². The van der Waals surface area contributed by atoms with Crippen molar-refractivity contribution in [2.24, 2.45) is 5.92 Å². The van der Waals surface area contributed by atoms with Crippen molar-refractivity contribution in [1.82, 2.24) is 0 Å². The SMILES string of the molecule is C#CCN1C(=O)C(C(C)C)Oc2ccc(CO)cc21. The quantitative estimate of drug-likeness (QED) is 0.838. The Kier molecular flexibility index (Phi) is 3.77. The fourth-order valence-electron chi connectivity index (χ4n) is 2.11. The van der Waals surface area contributed by atoms with Gasteiger partial charge < -0.3 is 9.84 Å². The molecule has 0 aromatic heterocycles. The molecule has 1 atom stereocenters. The van der Waals surface area contributed by atoms with Crippen LogP contribution in [0.1, 0.15) is 19.4 Å². The number of hydrogen-bond donors (Lipinski definition) is 1. The van der Waals surface area contributed by atoms with Crippen molar-refractivity contribution >= 4 is 11.6 Å². The highest BCUT2D eigenvalue weighted by Gasteiger charge is 2.35. The van der Waals surface area contributed by atoms with Crippen molar-refractivity contribution in [3.63, 3.8) is 0 Å². The topological polar surface area (TPSA) is 49.8 Å². The monoisotopic (exact) mass is 259 g/mol. The first kappa shape index (κ1) is 13.4. The summed E-state index contributed by atoms with van der Waals surface area (Å²) in [6.45, 7) is 3.99. The summed E-state index contributed by atoms with van der Waals surface area (Å²) < 4.78 is 5.74. The lowest BCUT2D eigenvalue weighted by molar-refractivity contribution is -0.128. The van der Waals surface area contributed by atoms with Gasteiger partial charge in [0, 0.05) is 0 Å². The Morgan fingerprint density at radius 3 is 2.84 bits per heavy atom. The van der Waals surface area contributed by atoms with E-state index < -0.39 is 6.10 Å². The molecule has 1 aliphatic heterocycles. The number of ether oxygens (including phenoxy) is 1. The number of benzene rings is 1. The Morgan fingerprint density at radius 2 is 2.26 bits per heavy atom. The van der Waals surface area contributed by atoms with E-state index in [0.29, 0.717) is 11.4 Å². The molecule has 0 spiro atoms. The van der Waals surface area contributed by atoms with E-state index in [2.05, 4.69) is 5.92 Å². The van der Waals surface area contributed by atoms with Crippen LogP contribution in [-0.2, 0) is 11.4 Å². The highest BCUT2D eigenvalue weighted by Crippen LogP contribution is 2.36. The molecule has 1 aromatic carbocycles. The summed E-state index contributed by atoms with van der Waals surface area (Å²) in [6, 6.07) is 5.29. The largest absolute Gasteiger partial charge is 0.478 e. The predicted octanol–water partition coefficient (Wildman–Crippen LogP) is 1.56. The number of amides is 1. The van der Waals surface area contributed by atoms with Crippen LogP contribution in [0.2, 0.25) is 0 Å². The second-order valence-electron chi connectivity index (χ2n) is 4.87.